The lowest BCUT2D eigenvalue weighted by atomic mass is 9.88. The molecule has 0 aromatic rings. The van der Waals surface area contributed by atoms with Gasteiger partial charge in [0.25, 0.3) is 0 Å². The predicted octanol–water partition coefficient (Wildman–Crippen LogP) is 1.80. The Balaban J connectivity index is 3.82. The molecule has 0 aromatic carbocycles. The van der Waals surface area contributed by atoms with E-state index in [1.165, 1.54) is 0 Å². The second kappa shape index (κ2) is 6.44. The molecule has 3 atom stereocenters. The van der Waals surface area contributed by atoms with E-state index in [2.05, 4.69) is 13.8 Å². The molecule has 0 spiro atoms. The van der Waals surface area contributed by atoms with Crippen LogP contribution in [0.25, 0.3) is 0 Å². The van der Waals surface area contributed by atoms with Gasteiger partial charge in [0, 0.05) is 6.61 Å². The molecule has 0 fully saturated rings. The maximum atomic E-state index is 9.37. The van der Waals surface area contributed by atoms with Crippen molar-refractivity contribution in [1.29, 1.82) is 0 Å². The van der Waals surface area contributed by atoms with Gasteiger partial charge in [-0.2, -0.15) is 0 Å². The monoisotopic (exact) mass is 174 g/mol. The Morgan fingerprint density at radius 1 is 1.17 bits per heavy atom. The maximum absolute atomic E-state index is 9.37. The molecule has 12 heavy (non-hydrogen) atoms. The van der Waals surface area contributed by atoms with Crippen LogP contribution in [0, 0.1) is 11.8 Å². The molecule has 2 nitrogen and oxygen atoms in total. The second-order valence-corrected chi connectivity index (χ2v) is 3.60. The van der Waals surface area contributed by atoms with E-state index in [-0.39, 0.29) is 12.7 Å². The van der Waals surface area contributed by atoms with Crippen molar-refractivity contribution in [3.05, 3.63) is 0 Å². The largest absolute Gasteiger partial charge is 0.396 e. The lowest BCUT2D eigenvalue weighted by Crippen LogP contribution is -2.20. The fourth-order valence-electron chi connectivity index (χ4n) is 1.50. The summed E-state index contributed by atoms with van der Waals surface area (Å²) in [5.41, 5.74) is 0. The van der Waals surface area contributed by atoms with E-state index < -0.39 is 0 Å². The summed E-state index contributed by atoms with van der Waals surface area (Å²) in [6.07, 6.45) is 2.70. The van der Waals surface area contributed by atoms with Crippen LogP contribution in [0.3, 0.4) is 0 Å². The van der Waals surface area contributed by atoms with Crippen LogP contribution in [-0.2, 0) is 0 Å². The molecule has 2 heteroatoms. The van der Waals surface area contributed by atoms with E-state index in [4.69, 9.17) is 5.11 Å². The molecule has 2 N–H and O–H groups in total. The van der Waals surface area contributed by atoms with Crippen LogP contribution >= 0.6 is 0 Å². The number of aliphatic hydroxyl groups excluding tert-OH is 2. The third-order valence-electron chi connectivity index (χ3n) is 2.68. The van der Waals surface area contributed by atoms with E-state index in [0.717, 1.165) is 19.3 Å². The zero-order valence-corrected chi connectivity index (χ0v) is 8.45. The fraction of sp³-hybridized carbons (Fsp3) is 1.00. The van der Waals surface area contributed by atoms with Crippen molar-refractivity contribution in [2.45, 2.75) is 46.1 Å². The van der Waals surface area contributed by atoms with Crippen LogP contribution < -0.4 is 0 Å². The Labute approximate surface area is 75.6 Å². The maximum Gasteiger partial charge on any atom is 0.0540 e. The van der Waals surface area contributed by atoms with Gasteiger partial charge in [0.05, 0.1) is 6.10 Å². The van der Waals surface area contributed by atoms with Gasteiger partial charge < -0.3 is 10.2 Å². The number of rotatable bonds is 6. The average molecular weight is 174 g/mol. The van der Waals surface area contributed by atoms with Crippen LogP contribution in [0.5, 0.6) is 0 Å². The average Bonchev–Trinajstić information content (AvgIpc) is 2.06. The molecular weight excluding hydrogens is 152 g/mol. The third kappa shape index (κ3) is 4.07. The Morgan fingerprint density at radius 2 is 1.75 bits per heavy atom. The molecule has 0 bridgehead atoms. The second-order valence-electron chi connectivity index (χ2n) is 3.60. The first-order valence-corrected chi connectivity index (χ1v) is 4.94. The molecule has 0 aliphatic carbocycles. The summed E-state index contributed by atoms with van der Waals surface area (Å²) < 4.78 is 0. The molecule has 74 valence electrons. The Morgan fingerprint density at radius 3 is 2.00 bits per heavy atom. The van der Waals surface area contributed by atoms with Crippen molar-refractivity contribution in [3.63, 3.8) is 0 Å². The minimum absolute atomic E-state index is 0.240. The van der Waals surface area contributed by atoms with Crippen LogP contribution in [0.2, 0.25) is 0 Å². The van der Waals surface area contributed by atoms with Crippen molar-refractivity contribution < 1.29 is 10.2 Å². The van der Waals surface area contributed by atoms with Crippen molar-refractivity contribution in [2.75, 3.05) is 6.61 Å². The van der Waals surface area contributed by atoms with Gasteiger partial charge in [-0.1, -0.05) is 26.7 Å². The van der Waals surface area contributed by atoms with E-state index in [1.54, 1.807) is 0 Å². The van der Waals surface area contributed by atoms with E-state index in [1.807, 2.05) is 6.92 Å². The minimum atomic E-state index is -0.240. The quantitative estimate of drug-likeness (QED) is 0.644. The van der Waals surface area contributed by atoms with Crippen molar-refractivity contribution >= 4 is 0 Å². The molecule has 0 radical (unpaired) electrons. The lowest BCUT2D eigenvalue weighted by Gasteiger charge is -2.22. The summed E-state index contributed by atoms with van der Waals surface area (Å²) in [5.74, 6) is 0.714. The SMILES string of the molecule is CCC(CO)CC(CC)C(C)O. The number of hydrogen-bond donors (Lipinski definition) is 2. The van der Waals surface area contributed by atoms with E-state index in [9.17, 15) is 5.11 Å². The molecule has 0 heterocycles. The van der Waals surface area contributed by atoms with E-state index >= 15 is 0 Å². The Hall–Kier alpha value is -0.0800. The molecule has 0 rings (SSSR count). The van der Waals surface area contributed by atoms with Gasteiger partial charge >= 0.3 is 0 Å². The van der Waals surface area contributed by atoms with E-state index in [0.29, 0.717) is 11.8 Å². The van der Waals surface area contributed by atoms with Crippen LogP contribution in [0.1, 0.15) is 40.0 Å². The molecule has 0 saturated carbocycles. The van der Waals surface area contributed by atoms with Crippen molar-refractivity contribution in [3.8, 4) is 0 Å². The highest BCUT2D eigenvalue weighted by molar-refractivity contribution is 4.68. The molecule has 0 aliphatic heterocycles. The molecular formula is C10H22O2. The van der Waals surface area contributed by atoms with Crippen molar-refractivity contribution in [2.24, 2.45) is 11.8 Å². The third-order valence-corrected chi connectivity index (χ3v) is 2.68. The zero-order valence-electron chi connectivity index (χ0n) is 8.45. The Kier molecular flexibility index (Phi) is 6.39. The smallest absolute Gasteiger partial charge is 0.0540 e. The van der Waals surface area contributed by atoms with Crippen LogP contribution in [0.15, 0.2) is 0 Å². The lowest BCUT2D eigenvalue weighted by molar-refractivity contribution is 0.0925. The first kappa shape index (κ1) is 11.9. The highest BCUT2D eigenvalue weighted by atomic mass is 16.3. The summed E-state index contributed by atoms with van der Waals surface area (Å²) in [6, 6.07) is 0. The normalized spacial score (nSPS) is 18.8. The fourth-order valence-corrected chi connectivity index (χ4v) is 1.50. The topological polar surface area (TPSA) is 40.5 Å². The molecule has 0 amide bonds. The number of aliphatic hydroxyl groups is 2. The van der Waals surface area contributed by atoms with Gasteiger partial charge in [0.1, 0.15) is 0 Å². The first-order chi connectivity index (χ1) is 5.65. The summed E-state index contributed by atoms with van der Waals surface area (Å²) in [6.45, 7) is 6.25. The Bertz CT molecular complexity index is 98.0. The van der Waals surface area contributed by atoms with Gasteiger partial charge in [-0.05, 0) is 25.2 Å². The first-order valence-electron chi connectivity index (χ1n) is 4.94. The van der Waals surface area contributed by atoms with Crippen LogP contribution in [-0.4, -0.2) is 22.9 Å². The molecule has 3 unspecified atom stereocenters. The molecule has 0 aromatic heterocycles. The predicted molar refractivity (Wildman–Crippen MR) is 50.9 cm³/mol. The zero-order chi connectivity index (χ0) is 9.56. The summed E-state index contributed by atoms with van der Waals surface area (Å²) in [7, 11) is 0. The van der Waals surface area contributed by atoms with Crippen LogP contribution in [0.4, 0.5) is 0 Å². The molecule has 0 saturated heterocycles. The van der Waals surface area contributed by atoms with Crippen molar-refractivity contribution in [1.82, 2.24) is 0 Å². The van der Waals surface area contributed by atoms with Gasteiger partial charge in [0.15, 0.2) is 0 Å². The summed E-state index contributed by atoms with van der Waals surface area (Å²) in [4.78, 5) is 0. The summed E-state index contributed by atoms with van der Waals surface area (Å²) >= 11 is 0. The minimum Gasteiger partial charge on any atom is -0.396 e. The highest BCUT2D eigenvalue weighted by Crippen LogP contribution is 2.20. The van der Waals surface area contributed by atoms with Gasteiger partial charge in [-0.15, -0.1) is 0 Å². The highest BCUT2D eigenvalue weighted by Gasteiger charge is 2.17. The van der Waals surface area contributed by atoms with Gasteiger partial charge in [-0.25, -0.2) is 0 Å². The number of hydrogen-bond acceptors (Lipinski definition) is 2. The standard InChI is InChI=1S/C10H22O2/c1-4-9(7-11)6-10(5-2)8(3)12/h8-12H,4-7H2,1-3H3. The van der Waals surface area contributed by atoms with Gasteiger partial charge in [-0.3, -0.25) is 0 Å². The summed E-state index contributed by atoms with van der Waals surface area (Å²) in [5, 5.41) is 18.3. The van der Waals surface area contributed by atoms with Gasteiger partial charge in [0.2, 0.25) is 0 Å². The molecule has 0 aliphatic rings.